The summed E-state index contributed by atoms with van der Waals surface area (Å²) in [5.41, 5.74) is 3.50. The highest BCUT2D eigenvalue weighted by Gasteiger charge is 2.08. The Labute approximate surface area is 127 Å². The molecule has 5 nitrogen and oxygen atoms in total. The molecule has 0 atom stereocenters. The molecule has 0 aromatic carbocycles. The van der Waals surface area contributed by atoms with Crippen LogP contribution in [0.1, 0.15) is 30.7 Å². The molecule has 2 aromatic heterocycles. The molecule has 0 unspecified atom stereocenters. The van der Waals surface area contributed by atoms with Crippen molar-refractivity contribution in [3.05, 3.63) is 41.3 Å². The first kappa shape index (κ1) is 15.5. The maximum absolute atomic E-state index is 4.63. The maximum Gasteiger partial charge on any atom is 0.129 e. The molecular formula is C16H25N5. The van der Waals surface area contributed by atoms with Crippen LogP contribution in [0.2, 0.25) is 0 Å². The van der Waals surface area contributed by atoms with E-state index in [4.69, 9.17) is 0 Å². The quantitative estimate of drug-likeness (QED) is 0.885. The minimum atomic E-state index is 0.482. The van der Waals surface area contributed by atoms with Gasteiger partial charge < -0.3 is 10.2 Å². The monoisotopic (exact) mass is 287 g/mol. The fourth-order valence-corrected chi connectivity index (χ4v) is 2.25. The van der Waals surface area contributed by atoms with Crippen LogP contribution >= 0.6 is 0 Å². The molecule has 0 saturated carbocycles. The minimum absolute atomic E-state index is 0.482. The summed E-state index contributed by atoms with van der Waals surface area (Å²) in [6.45, 7) is 8.03. The molecule has 0 saturated heterocycles. The Bertz CT molecular complexity index is 588. The number of rotatable bonds is 6. The number of pyridine rings is 1. The third-order valence-electron chi connectivity index (χ3n) is 3.28. The van der Waals surface area contributed by atoms with Gasteiger partial charge in [0.1, 0.15) is 5.82 Å². The lowest BCUT2D eigenvalue weighted by Gasteiger charge is -2.19. The zero-order chi connectivity index (χ0) is 15.4. The summed E-state index contributed by atoms with van der Waals surface area (Å²) < 4.78 is 1.82. The molecule has 2 heterocycles. The van der Waals surface area contributed by atoms with E-state index in [1.54, 1.807) is 0 Å². The zero-order valence-electron chi connectivity index (χ0n) is 13.6. The highest BCUT2D eigenvalue weighted by atomic mass is 15.2. The van der Waals surface area contributed by atoms with Gasteiger partial charge in [-0.05, 0) is 24.6 Å². The van der Waals surface area contributed by atoms with Gasteiger partial charge in [-0.15, -0.1) is 0 Å². The molecule has 0 aliphatic rings. The molecule has 2 aromatic rings. The van der Waals surface area contributed by atoms with Crippen LogP contribution in [0.25, 0.3) is 0 Å². The van der Waals surface area contributed by atoms with Crippen molar-refractivity contribution in [1.29, 1.82) is 0 Å². The first-order valence-electron chi connectivity index (χ1n) is 7.33. The van der Waals surface area contributed by atoms with E-state index in [1.807, 2.05) is 31.0 Å². The van der Waals surface area contributed by atoms with Gasteiger partial charge in [0.2, 0.25) is 0 Å². The average Bonchev–Trinajstić information content (AvgIpc) is 2.81. The highest BCUT2D eigenvalue weighted by Crippen LogP contribution is 2.16. The van der Waals surface area contributed by atoms with Crippen molar-refractivity contribution >= 4 is 5.82 Å². The van der Waals surface area contributed by atoms with Gasteiger partial charge in [-0.1, -0.05) is 13.8 Å². The van der Waals surface area contributed by atoms with Gasteiger partial charge in [-0.2, -0.15) is 5.10 Å². The largest absolute Gasteiger partial charge is 0.355 e. The van der Waals surface area contributed by atoms with Crippen LogP contribution in [0, 0.1) is 6.92 Å². The van der Waals surface area contributed by atoms with Crippen LogP contribution in [-0.2, 0) is 20.1 Å². The molecule has 0 spiro atoms. The lowest BCUT2D eigenvalue weighted by atomic mass is 10.2. The highest BCUT2D eigenvalue weighted by molar-refractivity contribution is 5.42. The van der Waals surface area contributed by atoms with E-state index in [0.717, 1.165) is 24.6 Å². The third-order valence-corrected chi connectivity index (χ3v) is 3.28. The van der Waals surface area contributed by atoms with Gasteiger partial charge in [-0.25, -0.2) is 4.98 Å². The Hall–Kier alpha value is -1.88. The number of hydrogen-bond acceptors (Lipinski definition) is 4. The molecule has 21 heavy (non-hydrogen) atoms. The smallest absolute Gasteiger partial charge is 0.129 e. The number of anilines is 1. The summed E-state index contributed by atoms with van der Waals surface area (Å²) in [7, 11) is 4.00. The molecule has 0 bridgehead atoms. The molecule has 114 valence electrons. The van der Waals surface area contributed by atoms with Gasteiger partial charge in [0.05, 0.1) is 6.20 Å². The Morgan fingerprint density at radius 3 is 2.67 bits per heavy atom. The second kappa shape index (κ2) is 6.72. The maximum atomic E-state index is 4.63. The van der Waals surface area contributed by atoms with E-state index in [0.29, 0.717) is 6.04 Å². The summed E-state index contributed by atoms with van der Waals surface area (Å²) in [4.78, 5) is 6.79. The van der Waals surface area contributed by atoms with E-state index < -0.39 is 0 Å². The lowest BCUT2D eigenvalue weighted by molar-refractivity contribution is 0.588. The SMILES string of the molecule is Cc1cc(CNC(C)C)cc(N(C)Cc2cnn(C)c2)n1. The Balaban J connectivity index is 2.10. The van der Waals surface area contributed by atoms with Crippen molar-refractivity contribution in [2.45, 2.75) is 39.9 Å². The van der Waals surface area contributed by atoms with Crippen molar-refractivity contribution in [1.82, 2.24) is 20.1 Å². The average molecular weight is 287 g/mol. The van der Waals surface area contributed by atoms with Crippen molar-refractivity contribution < 1.29 is 0 Å². The number of nitrogens with one attached hydrogen (secondary N) is 1. The minimum Gasteiger partial charge on any atom is -0.355 e. The Kier molecular flexibility index (Phi) is 4.96. The molecule has 1 N–H and O–H groups in total. The molecule has 0 radical (unpaired) electrons. The van der Waals surface area contributed by atoms with Gasteiger partial charge in [0, 0.05) is 50.7 Å². The van der Waals surface area contributed by atoms with Gasteiger partial charge in [-0.3, -0.25) is 4.68 Å². The first-order valence-corrected chi connectivity index (χ1v) is 7.33. The third kappa shape index (κ3) is 4.56. The van der Waals surface area contributed by atoms with Crippen molar-refractivity contribution in [2.75, 3.05) is 11.9 Å². The van der Waals surface area contributed by atoms with Crippen molar-refractivity contribution in [3.8, 4) is 0 Å². The summed E-state index contributed by atoms with van der Waals surface area (Å²) >= 11 is 0. The first-order chi connectivity index (χ1) is 9.94. The molecule has 0 fully saturated rings. The summed E-state index contributed by atoms with van der Waals surface area (Å²) in [6, 6.07) is 4.77. The topological polar surface area (TPSA) is 46.0 Å². The molecule has 0 amide bonds. The van der Waals surface area contributed by atoms with Crippen LogP contribution in [0.5, 0.6) is 0 Å². The fraction of sp³-hybridized carbons (Fsp3) is 0.500. The zero-order valence-corrected chi connectivity index (χ0v) is 13.6. The van der Waals surface area contributed by atoms with E-state index in [9.17, 15) is 0 Å². The molecular weight excluding hydrogens is 262 g/mol. The van der Waals surface area contributed by atoms with Crippen molar-refractivity contribution in [3.63, 3.8) is 0 Å². The predicted octanol–water partition coefficient (Wildman–Crippen LogP) is 2.26. The number of aryl methyl sites for hydroxylation is 2. The molecule has 0 aliphatic heterocycles. The van der Waals surface area contributed by atoms with Gasteiger partial charge in [0.25, 0.3) is 0 Å². The van der Waals surface area contributed by atoms with Crippen LogP contribution in [0.4, 0.5) is 5.82 Å². The second-order valence-electron chi connectivity index (χ2n) is 5.89. The van der Waals surface area contributed by atoms with E-state index in [2.05, 4.69) is 53.3 Å². The number of aromatic nitrogens is 3. The molecule has 5 heteroatoms. The van der Waals surface area contributed by atoms with Crippen LogP contribution in [0.15, 0.2) is 24.5 Å². The second-order valence-corrected chi connectivity index (χ2v) is 5.89. The summed E-state index contributed by atoms with van der Waals surface area (Å²) in [5, 5.41) is 7.66. The predicted molar refractivity (Wildman–Crippen MR) is 86.3 cm³/mol. The fourth-order valence-electron chi connectivity index (χ4n) is 2.25. The standard InChI is InChI=1S/C16H25N5/c1-12(2)17-8-14-6-13(3)19-16(7-14)20(4)10-15-9-18-21(5)11-15/h6-7,9,11-12,17H,8,10H2,1-5H3. The Morgan fingerprint density at radius 1 is 1.29 bits per heavy atom. The normalized spacial score (nSPS) is 11.1. The number of nitrogens with zero attached hydrogens (tertiary/aromatic N) is 4. The van der Waals surface area contributed by atoms with E-state index >= 15 is 0 Å². The van der Waals surface area contributed by atoms with Gasteiger partial charge in [0.15, 0.2) is 0 Å². The van der Waals surface area contributed by atoms with Crippen LogP contribution < -0.4 is 10.2 Å². The summed E-state index contributed by atoms with van der Waals surface area (Å²) in [5.74, 6) is 0.999. The van der Waals surface area contributed by atoms with Crippen molar-refractivity contribution in [2.24, 2.45) is 7.05 Å². The molecule has 0 aliphatic carbocycles. The van der Waals surface area contributed by atoms with Gasteiger partial charge >= 0.3 is 0 Å². The van der Waals surface area contributed by atoms with E-state index in [1.165, 1.54) is 11.1 Å². The van der Waals surface area contributed by atoms with Crippen LogP contribution in [-0.4, -0.2) is 27.9 Å². The number of hydrogen-bond donors (Lipinski definition) is 1. The Morgan fingerprint density at radius 2 is 2.05 bits per heavy atom. The molecule has 2 rings (SSSR count). The summed E-state index contributed by atoms with van der Waals surface area (Å²) in [6.07, 6.45) is 3.93. The lowest BCUT2D eigenvalue weighted by Crippen LogP contribution is -2.23. The van der Waals surface area contributed by atoms with E-state index in [-0.39, 0.29) is 0 Å². The van der Waals surface area contributed by atoms with Crippen LogP contribution in [0.3, 0.4) is 0 Å².